The molecule has 7 nitrogen and oxygen atoms in total. The molecule has 15 heteroatoms. The van der Waals surface area contributed by atoms with Crippen LogP contribution in [0.3, 0.4) is 0 Å². The molecular weight excluding hydrogens is 646 g/mol. The zero-order valence-electron chi connectivity index (χ0n) is 20.3. The van der Waals surface area contributed by atoms with Crippen molar-refractivity contribution in [3.05, 3.63) is 85.3 Å². The number of primary amides is 1. The highest BCUT2D eigenvalue weighted by molar-refractivity contribution is 9.10. The number of nitriles is 2. The van der Waals surface area contributed by atoms with Gasteiger partial charge in [0.1, 0.15) is 0 Å². The first kappa shape index (κ1) is 31.4. The van der Waals surface area contributed by atoms with Gasteiger partial charge < -0.3 is 16.2 Å². The van der Waals surface area contributed by atoms with Crippen LogP contribution in [0.1, 0.15) is 43.0 Å². The highest BCUT2D eigenvalue weighted by Gasteiger charge is 2.71. The van der Waals surface area contributed by atoms with Gasteiger partial charge in [0.25, 0.3) is 11.5 Å². The van der Waals surface area contributed by atoms with Gasteiger partial charge in [-0.05, 0) is 70.9 Å². The fraction of sp³-hybridized carbons (Fsp3) is 0.154. The second kappa shape index (κ2) is 11.0. The van der Waals surface area contributed by atoms with E-state index in [1.165, 1.54) is 37.3 Å². The summed E-state index contributed by atoms with van der Waals surface area (Å²) in [4.78, 5) is 24.9. The van der Waals surface area contributed by atoms with Crippen molar-refractivity contribution >= 4 is 45.0 Å². The van der Waals surface area contributed by atoms with Gasteiger partial charge in [-0.3, -0.25) is 9.59 Å². The number of hydrogen-bond donors (Lipinski definition) is 3. The van der Waals surface area contributed by atoms with E-state index < -0.39 is 50.5 Å². The van der Waals surface area contributed by atoms with E-state index in [4.69, 9.17) is 17.3 Å². The van der Waals surface area contributed by atoms with Crippen LogP contribution < -0.4 is 11.1 Å². The monoisotopic (exact) mass is 658 g/mol. The summed E-state index contributed by atoms with van der Waals surface area (Å²) < 4.78 is 79.3. The smallest absolute Gasteiger partial charge is 0.369 e. The Kier molecular flexibility index (Phi) is 8.46. The lowest BCUT2D eigenvalue weighted by Gasteiger charge is -2.33. The summed E-state index contributed by atoms with van der Waals surface area (Å²) in [6.45, 7) is 1.48. The molecule has 0 radical (unpaired) electrons. The molecule has 0 unspecified atom stereocenters. The molecule has 212 valence electrons. The number of hydrogen-bond acceptors (Lipinski definition) is 5. The Morgan fingerprint density at radius 2 is 1.54 bits per heavy atom. The van der Waals surface area contributed by atoms with Crippen LogP contribution in [0.15, 0.2) is 46.9 Å². The Morgan fingerprint density at radius 3 is 2.02 bits per heavy atom. The minimum Gasteiger partial charge on any atom is -0.369 e. The number of nitrogens with zero attached hydrogens (tertiary/aromatic N) is 2. The quantitative estimate of drug-likeness (QED) is 0.269. The first-order valence-electron chi connectivity index (χ1n) is 10.9. The topological polar surface area (TPSA) is 140 Å². The van der Waals surface area contributed by atoms with Crippen LogP contribution in [0.25, 0.3) is 11.1 Å². The molecule has 3 aromatic rings. The molecule has 0 aliphatic rings. The molecular formula is C26H14BrClF6N4O3. The van der Waals surface area contributed by atoms with Crippen LogP contribution in [-0.2, 0) is 5.60 Å². The average Bonchev–Trinajstić information content (AvgIpc) is 2.87. The van der Waals surface area contributed by atoms with E-state index in [0.29, 0.717) is 6.07 Å². The number of benzene rings is 3. The molecule has 0 heterocycles. The van der Waals surface area contributed by atoms with Gasteiger partial charge in [0.15, 0.2) is 0 Å². The van der Waals surface area contributed by atoms with Gasteiger partial charge in [-0.1, -0.05) is 11.6 Å². The lowest BCUT2D eigenvalue weighted by atomic mass is 9.88. The molecule has 0 bridgehead atoms. The van der Waals surface area contributed by atoms with Crippen LogP contribution >= 0.6 is 27.5 Å². The summed E-state index contributed by atoms with van der Waals surface area (Å²) in [6.07, 6.45) is -12.3. The van der Waals surface area contributed by atoms with Gasteiger partial charge in [-0.2, -0.15) is 36.9 Å². The number of nitrogens with two attached hydrogens (primary N) is 1. The third-order valence-corrected chi connectivity index (χ3v) is 6.96. The van der Waals surface area contributed by atoms with Crippen molar-refractivity contribution in [2.45, 2.75) is 24.9 Å². The average molecular weight is 660 g/mol. The van der Waals surface area contributed by atoms with Crippen molar-refractivity contribution in [3.8, 4) is 23.3 Å². The number of alkyl halides is 6. The number of amides is 2. The predicted octanol–water partition coefficient (Wildman–Crippen LogP) is 6.48. The molecule has 0 fully saturated rings. The van der Waals surface area contributed by atoms with E-state index in [1.54, 1.807) is 0 Å². The van der Waals surface area contributed by atoms with Crippen molar-refractivity contribution in [1.29, 1.82) is 10.5 Å². The Morgan fingerprint density at radius 1 is 0.976 bits per heavy atom. The van der Waals surface area contributed by atoms with E-state index in [0.717, 1.165) is 0 Å². The molecule has 0 aliphatic heterocycles. The highest BCUT2D eigenvalue weighted by atomic mass is 79.9. The first-order chi connectivity index (χ1) is 18.9. The van der Waals surface area contributed by atoms with Crippen molar-refractivity contribution < 1.29 is 41.0 Å². The molecule has 3 aromatic carbocycles. The number of nitrogens with one attached hydrogen (secondary N) is 1. The lowest BCUT2D eigenvalue weighted by molar-refractivity contribution is -0.376. The van der Waals surface area contributed by atoms with Gasteiger partial charge in [-0.15, -0.1) is 0 Å². The maximum Gasteiger partial charge on any atom is 0.430 e. The van der Waals surface area contributed by atoms with Crippen LogP contribution in [0.2, 0.25) is 5.02 Å². The van der Waals surface area contributed by atoms with Crippen LogP contribution in [0.4, 0.5) is 32.0 Å². The second-order valence-corrected chi connectivity index (χ2v) is 9.75. The zero-order valence-corrected chi connectivity index (χ0v) is 22.6. The van der Waals surface area contributed by atoms with Gasteiger partial charge >= 0.3 is 12.4 Å². The van der Waals surface area contributed by atoms with Gasteiger partial charge in [0.05, 0.1) is 34.0 Å². The van der Waals surface area contributed by atoms with Crippen molar-refractivity contribution in [2.24, 2.45) is 5.73 Å². The summed E-state index contributed by atoms with van der Waals surface area (Å²) in [5, 5.41) is 30.4. The fourth-order valence-electron chi connectivity index (χ4n) is 3.98. The number of aliphatic hydroxyl groups is 1. The molecule has 0 aliphatic carbocycles. The minimum absolute atomic E-state index is 0.00456. The molecule has 2 amide bonds. The fourth-order valence-corrected chi connectivity index (χ4v) is 4.92. The van der Waals surface area contributed by atoms with E-state index in [2.05, 4.69) is 21.2 Å². The molecule has 0 saturated heterocycles. The van der Waals surface area contributed by atoms with E-state index in [-0.39, 0.29) is 45.0 Å². The van der Waals surface area contributed by atoms with Crippen LogP contribution in [-0.4, -0.2) is 29.3 Å². The highest BCUT2D eigenvalue weighted by Crippen LogP contribution is 2.51. The van der Waals surface area contributed by atoms with Crippen molar-refractivity contribution in [3.63, 3.8) is 0 Å². The standard InChI is InChI=1S/C26H14BrClF6N4O3/c1-11-16(22(37)39)5-4-14(10-36)20(11)17-6-12(2-3-13(17)9-35)23(40)38-21-18(27)7-15(8-19(21)28)24(41,25(29,30)31)26(32,33)34/h2-8,41H,1H3,(H2,37,39)(H,38,40). The third kappa shape index (κ3) is 5.59. The number of rotatable bonds is 5. The number of carbonyl (C=O) groups is 2. The lowest BCUT2D eigenvalue weighted by Crippen LogP contribution is -2.53. The first-order valence-corrected chi connectivity index (χ1v) is 12.1. The molecule has 41 heavy (non-hydrogen) atoms. The van der Waals surface area contributed by atoms with E-state index in [1.807, 2.05) is 12.1 Å². The molecule has 3 rings (SSSR count). The normalized spacial score (nSPS) is 11.9. The summed E-state index contributed by atoms with van der Waals surface area (Å²) >= 11 is 8.72. The molecule has 4 N–H and O–H groups in total. The number of anilines is 1. The second-order valence-electron chi connectivity index (χ2n) is 8.48. The molecule has 0 saturated carbocycles. The Labute approximate surface area is 240 Å². The van der Waals surface area contributed by atoms with Crippen molar-refractivity contribution in [2.75, 3.05) is 5.32 Å². The maximum absolute atomic E-state index is 13.3. The Bertz CT molecular complexity index is 1640. The van der Waals surface area contributed by atoms with Crippen LogP contribution in [0, 0.1) is 29.6 Å². The third-order valence-electron chi connectivity index (χ3n) is 6.04. The zero-order chi connectivity index (χ0) is 31.1. The summed E-state index contributed by atoms with van der Waals surface area (Å²) in [5.74, 6) is -1.78. The summed E-state index contributed by atoms with van der Waals surface area (Å²) in [6, 6.07) is 10.6. The number of carbonyl (C=O) groups excluding carboxylic acids is 2. The molecule has 0 aromatic heterocycles. The number of halogens is 8. The van der Waals surface area contributed by atoms with E-state index >= 15 is 0 Å². The predicted molar refractivity (Wildman–Crippen MR) is 138 cm³/mol. The maximum atomic E-state index is 13.3. The SMILES string of the molecule is Cc1c(C(N)=O)ccc(C#N)c1-c1cc(C(=O)Nc2c(Cl)cc(C(O)(C(F)(F)F)C(F)(F)F)cc2Br)ccc1C#N. The van der Waals surface area contributed by atoms with Crippen molar-refractivity contribution in [1.82, 2.24) is 0 Å². The van der Waals surface area contributed by atoms with Crippen LogP contribution in [0.5, 0.6) is 0 Å². The minimum atomic E-state index is -6.16. The van der Waals surface area contributed by atoms with Gasteiger partial charge in [-0.25, -0.2) is 0 Å². The van der Waals surface area contributed by atoms with Gasteiger partial charge in [0.2, 0.25) is 5.91 Å². The largest absolute Gasteiger partial charge is 0.430 e. The van der Waals surface area contributed by atoms with E-state index in [9.17, 15) is 51.6 Å². The Hall–Kier alpha value is -4.11. The molecule has 0 spiro atoms. The Balaban J connectivity index is 2.12. The summed E-state index contributed by atoms with van der Waals surface area (Å²) in [5.41, 5.74) is -1.56. The summed E-state index contributed by atoms with van der Waals surface area (Å²) in [7, 11) is 0. The van der Waals surface area contributed by atoms with Gasteiger partial charge in [0, 0.05) is 32.3 Å². The molecule has 0 atom stereocenters.